The van der Waals surface area contributed by atoms with Crippen LogP contribution in [0.1, 0.15) is 17.2 Å². The molecule has 2 heterocycles. The molecule has 0 amide bonds. The molecule has 6 nitrogen and oxygen atoms in total. The van der Waals surface area contributed by atoms with E-state index in [1.165, 1.54) is 25.6 Å². The van der Waals surface area contributed by atoms with Crippen LogP contribution in [0.5, 0.6) is 0 Å². The first kappa shape index (κ1) is 17.2. The summed E-state index contributed by atoms with van der Waals surface area (Å²) in [5.74, 6) is -0.433. The number of carbonyl (C=O) groups excluding carboxylic acids is 1. The Balaban J connectivity index is 1.96. The summed E-state index contributed by atoms with van der Waals surface area (Å²) in [6.45, 7) is 0. The highest BCUT2D eigenvalue weighted by atomic mass is 35.5. The Labute approximate surface area is 159 Å². The number of nitrogens with one attached hydrogen (secondary N) is 1. The average molecular weight is 385 g/mol. The van der Waals surface area contributed by atoms with Gasteiger partial charge in [0.25, 0.3) is 0 Å². The first-order chi connectivity index (χ1) is 13.1. The lowest BCUT2D eigenvalue weighted by atomic mass is 9.93. The van der Waals surface area contributed by atoms with Crippen LogP contribution in [0, 0.1) is 5.82 Å². The molecule has 2 aromatic carbocycles. The molecule has 1 N–H and O–H groups in total. The summed E-state index contributed by atoms with van der Waals surface area (Å²) < 4.78 is 20.0. The minimum atomic E-state index is -0.623. The van der Waals surface area contributed by atoms with E-state index in [2.05, 4.69) is 15.4 Å². The average Bonchev–Trinajstić information content (AvgIpc) is 3.15. The minimum Gasteiger partial charge on any atom is -0.466 e. The van der Waals surface area contributed by atoms with Crippen LogP contribution in [-0.2, 0) is 9.53 Å². The zero-order valence-corrected chi connectivity index (χ0v) is 14.9. The van der Waals surface area contributed by atoms with Crippen LogP contribution < -0.4 is 5.32 Å². The quantitative estimate of drug-likeness (QED) is 0.698. The van der Waals surface area contributed by atoms with Crippen molar-refractivity contribution in [3.05, 3.63) is 82.4 Å². The van der Waals surface area contributed by atoms with Crippen molar-refractivity contribution in [2.24, 2.45) is 0 Å². The number of carbonyl (C=O) groups is 1. The topological polar surface area (TPSA) is 69.0 Å². The maximum Gasteiger partial charge on any atom is 0.338 e. The minimum absolute atomic E-state index is 0.337. The fourth-order valence-electron chi connectivity index (χ4n) is 3.09. The van der Waals surface area contributed by atoms with Gasteiger partial charge in [-0.15, -0.1) is 0 Å². The highest BCUT2D eigenvalue weighted by Gasteiger charge is 2.35. The molecule has 3 aromatic rings. The standard InChI is InChI=1S/C19H14ClFN4O2/c1-27-18(26)15-16(11-2-6-13(20)7-3-11)24-19-22-10-23-25(19)17(15)12-4-8-14(21)9-5-12/h2-10,17H,1H3,(H,22,23,24)/t17-/m1/s1. The lowest BCUT2D eigenvalue weighted by Gasteiger charge is -2.29. The number of anilines is 1. The third-order valence-corrected chi connectivity index (χ3v) is 4.57. The van der Waals surface area contributed by atoms with Gasteiger partial charge in [-0.25, -0.2) is 13.9 Å². The van der Waals surface area contributed by atoms with Crippen molar-refractivity contribution >= 4 is 29.2 Å². The van der Waals surface area contributed by atoms with Gasteiger partial charge in [-0.2, -0.15) is 10.1 Å². The van der Waals surface area contributed by atoms with Gasteiger partial charge in [0, 0.05) is 5.02 Å². The highest BCUT2D eigenvalue weighted by molar-refractivity contribution is 6.30. The fraction of sp³-hybridized carbons (Fsp3) is 0.105. The van der Waals surface area contributed by atoms with Gasteiger partial charge >= 0.3 is 5.97 Å². The number of halogens is 2. The van der Waals surface area contributed by atoms with Crippen LogP contribution in [0.15, 0.2) is 60.4 Å². The van der Waals surface area contributed by atoms with Crippen molar-refractivity contribution in [3.8, 4) is 0 Å². The molecule has 27 heavy (non-hydrogen) atoms. The summed E-state index contributed by atoms with van der Waals surface area (Å²) in [6, 6.07) is 12.3. The van der Waals surface area contributed by atoms with Crippen molar-refractivity contribution in [2.45, 2.75) is 6.04 Å². The number of methoxy groups -OCH3 is 1. The lowest BCUT2D eigenvalue weighted by molar-refractivity contribution is -0.136. The van der Waals surface area contributed by atoms with Gasteiger partial charge in [0.1, 0.15) is 18.2 Å². The number of ether oxygens (including phenoxy) is 1. The predicted octanol–water partition coefficient (Wildman–Crippen LogP) is 3.67. The second-order valence-corrected chi connectivity index (χ2v) is 6.33. The Bertz CT molecular complexity index is 1030. The molecule has 0 saturated heterocycles. The molecule has 0 saturated carbocycles. The molecular weight excluding hydrogens is 371 g/mol. The SMILES string of the molecule is COC(=O)C1=C(c2ccc(Cl)cc2)Nc2ncnn2[C@@H]1c1ccc(F)cc1. The Hall–Kier alpha value is -3.19. The molecule has 1 atom stereocenters. The molecule has 8 heteroatoms. The van der Waals surface area contributed by atoms with E-state index in [1.54, 1.807) is 41.1 Å². The van der Waals surface area contributed by atoms with Crippen molar-refractivity contribution in [2.75, 3.05) is 12.4 Å². The van der Waals surface area contributed by atoms with E-state index >= 15 is 0 Å². The summed E-state index contributed by atoms with van der Waals surface area (Å²) >= 11 is 5.99. The zero-order valence-electron chi connectivity index (χ0n) is 14.2. The molecular formula is C19H14ClFN4O2. The normalized spacial score (nSPS) is 15.9. The van der Waals surface area contributed by atoms with Crippen molar-refractivity contribution in [1.29, 1.82) is 0 Å². The van der Waals surface area contributed by atoms with Gasteiger partial charge in [-0.1, -0.05) is 35.9 Å². The van der Waals surface area contributed by atoms with Gasteiger partial charge < -0.3 is 10.1 Å². The summed E-state index contributed by atoms with van der Waals surface area (Å²) in [5, 5.41) is 7.95. The van der Waals surface area contributed by atoms with Gasteiger partial charge in [-0.3, -0.25) is 0 Å². The molecule has 0 radical (unpaired) electrons. The van der Waals surface area contributed by atoms with Crippen LogP contribution in [0.25, 0.3) is 5.70 Å². The Morgan fingerprint density at radius 2 is 1.89 bits per heavy atom. The Kier molecular flexibility index (Phi) is 4.37. The summed E-state index contributed by atoms with van der Waals surface area (Å²) in [5.41, 5.74) is 2.29. The molecule has 0 spiro atoms. The number of hydrogen-bond acceptors (Lipinski definition) is 5. The van der Waals surface area contributed by atoms with E-state index in [9.17, 15) is 9.18 Å². The third kappa shape index (κ3) is 3.06. The van der Waals surface area contributed by atoms with Gasteiger partial charge in [0.15, 0.2) is 0 Å². The van der Waals surface area contributed by atoms with E-state index < -0.39 is 12.0 Å². The number of hydrogen-bond donors (Lipinski definition) is 1. The molecule has 0 fully saturated rings. The fourth-order valence-corrected chi connectivity index (χ4v) is 3.21. The molecule has 0 unspecified atom stereocenters. The molecule has 136 valence electrons. The maximum absolute atomic E-state index is 13.4. The number of rotatable bonds is 3. The number of fused-ring (bicyclic) bond motifs is 1. The van der Waals surface area contributed by atoms with E-state index in [-0.39, 0.29) is 5.82 Å². The largest absolute Gasteiger partial charge is 0.466 e. The maximum atomic E-state index is 13.4. The molecule has 4 rings (SSSR count). The van der Waals surface area contributed by atoms with E-state index in [0.29, 0.717) is 27.8 Å². The monoisotopic (exact) mass is 384 g/mol. The first-order valence-electron chi connectivity index (χ1n) is 8.09. The van der Waals surface area contributed by atoms with Gasteiger partial charge in [0.2, 0.25) is 5.95 Å². The summed E-state index contributed by atoms with van der Waals surface area (Å²) in [7, 11) is 1.31. The lowest BCUT2D eigenvalue weighted by Crippen LogP contribution is -2.29. The number of benzene rings is 2. The number of nitrogens with zero attached hydrogens (tertiary/aromatic N) is 3. The van der Waals surface area contributed by atoms with Gasteiger partial charge in [-0.05, 0) is 35.4 Å². The summed E-state index contributed by atoms with van der Waals surface area (Å²) in [6.07, 6.45) is 1.39. The summed E-state index contributed by atoms with van der Waals surface area (Å²) in [4.78, 5) is 16.9. The smallest absolute Gasteiger partial charge is 0.338 e. The second kappa shape index (κ2) is 6.85. The van der Waals surface area contributed by atoms with E-state index in [1.807, 2.05) is 0 Å². The Morgan fingerprint density at radius 1 is 1.19 bits per heavy atom. The molecule has 1 aromatic heterocycles. The number of esters is 1. The van der Waals surface area contributed by atoms with E-state index in [4.69, 9.17) is 16.3 Å². The number of aromatic nitrogens is 3. The second-order valence-electron chi connectivity index (χ2n) is 5.89. The molecule has 0 bridgehead atoms. The molecule has 1 aliphatic heterocycles. The van der Waals surface area contributed by atoms with Crippen LogP contribution in [-0.4, -0.2) is 27.8 Å². The van der Waals surface area contributed by atoms with Crippen LogP contribution >= 0.6 is 11.6 Å². The Morgan fingerprint density at radius 3 is 2.56 bits per heavy atom. The van der Waals surface area contributed by atoms with Gasteiger partial charge in [0.05, 0.1) is 18.4 Å². The van der Waals surface area contributed by atoms with Crippen molar-refractivity contribution in [1.82, 2.24) is 14.8 Å². The van der Waals surface area contributed by atoms with Crippen LogP contribution in [0.4, 0.5) is 10.3 Å². The third-order valence-electron chi connectivity index (χ3n) is 4.32. The highest BCUT2D eigenvalue weighted by Crippen LogP contribution is 2.38. The first-order valence-corrected chi connectivity index (χ1v) is 8.46. The van der Waals surface area contributed by atoms with Crippen molar-refractivity contribution < 1.29 is 13.9 Å². The predicted molar refractivity (Wildman–Crippen MR) is 98.6 cm³/mol. The zero-order chi connectivity index (χ0) is 19.0. The molecule has 0 aliphatic carbocycles. The van der Waals surface area contributed by atoms with Crippen LogP contribution in [0.2, 0.25) is 5.02 Å². The van der Waals surface area contributed by atoms with Crippen molar-refractivity contribution in [3.63, 3.8) is 0 Å². The van der Waals surface area contributed by atoms with E-state index in [0.717, 1.165) is 5.56 Å². The molecule has 1 aliphatic rings. The van der Waals surface area contributed by atoms with Crippen LogP contribution in [0.3, 0.4) is 0 Å².